The highest BCUT2D eigenvalue weighted by molar-refractivity contribution is 6.07. The first kappa shape index (κ1) is 16.4. The van der Waals surface area contributed by atoms with Crippen molar-refractivity contribution in [1.29, 1.82) is 0 Å². The molecule has 2 saturated heterocycles. The van der Waals surface area contributed by atoms with Gasteiger partial charge in [0, 0.05) is 39.3 Å². The Morgan fingerprint density at radius 3 is 2.30 bits per heavy atom. The fraction of sp³-hybridized carbons (Fsp3) is 0.812. The van der Waals surface area contributed by atoms with Gasteiger partial charge in [0.2, 0.25) is 17.7 Å². The lowest BCUT2D eigenvalue weighted by Gasteiger charge is -2.27. The van der Waals surface area contributed by atoms with E-state index < -0.39 is 0 Å². The predicted molar refractivity (Wildman–Crippen MR) is 84.5 cm³/mol. The van der Waals surface area contributed by atoms with Crippen LogP contribution in [0.15, 0.2) is 0 Å². The van der Waals surface area contributed by atoms with Crippen molar-refractivity contribution in [2.45, 2.75) is 25.7 Å². The molecule has 0 aromatic heterocycles. The van der Waals surface area contributed by atoms with Gasteiger partial charge >= 0.3 is 0 Å². The molecule has 23 heavy (non-hydrogen) atoms. The lowest BCUT2D eigenvalue weighted by Crippen LogP contribution is -2.47. The van der Waals surface area contributed by atoms with Gasteiger partial charge in [-0.3, -0.25) is 24.2 Å². The molecule has 3 rings (SSSR count). The first-order valence-corrected chi connectivity index (χ1v) is 8.72. The van der Waals surface area contributed by atoms with Crippen LogP contribution >= 0.6 is 0 Å². The normalized spacial score (nSPS) is 28.8. The summed E-state index contributed by atoms with van der Waals surface area (Å²) in [5, 5.41) is 6.12. The van der Waals surface area contributed by atoms with Crippen molar-refractivity contribution >= 4 is 17.7 Å². The standard InChI is InChI=1S/C16H26N4O3/c21-14(18-7-10-19-8-5-17-6-9-19)11-20-15(22)12-3-1-2-4-13(12)16(20)23/h12-13,17H,1-11H2,(H,18,21). The van der Waals surface area contributed by atoms with Gasteiger partial charge in [-0.15, -0.1) is 0 Å². The Kier molecular flexibility index (Phi) is 5.27. The molecule has 7 heteroatoms. The van der Waals surface area contributed by atoms with Crippen LogP contribution in [0.3, 0.4) is 0 Å². The molecule has 1 aliphatic carbocycles. The predicted octanol–water partition coefficient (Wildman–Crippen LogP) is -0.817. The molecule has 2 atom stereocenters. The van der Waals surface area contributed by atoms with E-state index in [9.17, 15) is 14.4 Å². The SMILES string of the molecule is O=C(CN1C(=O)C2CCCCC2C1=O)NCCN1CCNCC1. The molecule has 7 nitrogen and oxygen atoms in total. The quantitative estimate of drug-likeness (QED) is 0.647. The first-order chi connectivity index (χ1) is 11.2. The molecule has 128 valence electrons. The van der Waals surface area contributed by atoms with Crippen molar-refractivity contribution in [1.82, 2.24) is 20.4 Å². The minimum Gasteiger partial charge on any atom is -0.353 e. The summed E-state index contributed by atoms with van der Waals surface area (Å²) in [6.45, 7) is 5.18. The molecule has 2 N–H and O–H groups in total. The number of rotatable bonds is 5. The molecule has 0 aromatic rings. The summed E-state index contributed by atoms with van der Waals surface area (Å²) in [6, 6.07) is 0. The molecular formula is C16H26N4O3. The third kappa shape index (κ3) is 3.72. The second kappa shape index (κ2) is 7.40. The molecule has 3 aliphatic rings. The Morgan fingerprint density at radius 2 is 1.70 bits per heavy atom. The fourth-order valence-corrected chi connectivity index (χ4v) is 3.87. The average molecular weight is 322 g/mol. The van der Waals surface area contributed by atoms with E-state index in [1.54, 1.807) is 0 Å². The van der Waals surface area contributed by atoms with Crippen LogP contribution in [-0.2, 0) is 14.4 Å². The van der Waals surface area contributed by atoms with Crippen LogP contribution < -0.4 is 10.6 Å². The number of likely N-dealkylation sites (tertiary alicyclic amines) is 1. The monoisotopic (exact) mass is 322 g/mol. The Hall–Kier alpha value is -1.47. The van der Waals surface area contributed by atoms with E-state index in [1.165, 1.54) is 4.90 Å². The van der Waals surface area contributed by atoms with Crippen molar-refractivity contribution in [2.75, 3.05) is 45.8 Å². The highest BCUT2D eigenvalue weighted by Gasteiger charge is 2.48. The van der Waals surface area contributed by atoms with Crippen LogP contribution in [0.4, 0.5) is 0 Å². The van der Waals surface area contributed by atoms with Crippen molar-refractivity contribution in [2.24, 2.45) is 11.8 Å². The molecule has 3 amide bonds. The zero-order valence-corrected chi connectivity index (χ0v) is 13.6. The van der Waals surface area contributed by atoms with Crippen LogP contribution in [0.1, 0.15) is 25.7 Å². The van der Waals surface area contributed by atoms with Crippen LogP contribution in [0.25, 0.3) is 0 Å². The highest BCUT2D eigenvalue weighted by atomic mass is 16.2. The van der Waals surface area contributed by atoms with Crippen molar-refractivity contribution in [3.8, 4) is 0 Å². The van der Waals surface area contributed by atoms with Gasteiger partial charge in [0.1, 0.15) is 6.54 Å². The number of nitrogens with one attached hydrogen (secondary N) is 2. The van der Waals surface area contributed by atoms with Gasteiger partial charge in [0.05, 0.1) is 11.8 Å². The van der Waals surface area contributed by atoms with Crippen LogP contribution in [0, 0.1) is 11.8 Å². The average Bonchev–Trinajstić information content (AvgIpc) is 2.81. The largest absolute Gasteiger partial charge is 0.353 e. The maximum atomic E-state index is 12.3. The van der Waals surface area contributed by atoms with E-state index in [4.69, 9.17) is 0 Å². The van der Waals surface area contributed by atoms with Crippen molar-refractivity contribution < 1.29 is 14.4 Å². The summed E-state index contributed by atoms with van der Waals surface area (Å²) in [7, 11) is 0. The van der Waals surface area contributed by atoms with Gasteiger partial charge in [-0.25, -0.2) is 0 Å². The lowest BCUT2D eigenvalue weighted by molar-refractivity contribution is -0.143. The molecule has 3 fully saturated rings. The highest BCUT2D eigenvalue weighted by Crippen LogP contribution is 2.37. The molecule has 1 saturated carbocycles. The number of fused-ring (bicyclic) bond motifs is 1. The van der Waals surface area contributed by atoms with E-state index in [0.29, 0.717) is 6.54 Å². The number of carbonyl (C=O) groups is 3. The molecular weight excluding hydrogens is 296 g/mol. The maximum absolute atomic E-state index is 12.3. The third-order valence-corrected chi connectivity index (χ3v) is 5.19. The summed E-state index contributed by atoms with van der Waals surface area (Å²) in [5.41, 5.74) is 0. The summed E-state index contributed by atoms with van der Waals surface area (Å²) in [4.78, 5) is 40.2. The van der Waals surface area contributed by atoms with E-state index in [0.717, 1.165) is 58.4 Å². The number of hydrogen-bond donors (Lipinski definition) is 2. The summed E-state index contributed by atoms with van der Waals surface area (Å²) >= 11 is 0. The van der Waals surface area contributed by atoms with Crippen LogP contribution in [-0.4, -0.2) is 73.3 Å². The molecule has 0 bridgehead atoms. The van der Waals surface area contributed by atoms with Gasteiger partial charge in [-0.1, -0.05) is 12.8 Å². The van der Waals surface area contributed by atoms with E-state index in [2.05, 4.69) is 15.5 Å². The fourth-order valence-electron chi connectivity index (χ4n) is 3.87. The number of imide groups is 1. The van der Waals surface area contributed by atoms with Crippen LogP contribution in [0.5, 0.6) is 0 Å². The number of carbonyl (C=O) groups excluding carboxylic acids is 3. The molecule has 2 aliphatic heterocycles. The number of piperazine rings is 1. The van der Waals surface area contributed by atoms with Gasteiger partial charge in [-0.05, 0) is 12.8 Å². The van der Waals surface area contributed by atoms with E-state index >= 15 is 0 Å². The Balaban J connectivity index is 1.44. The van der Waals surface area contributed by atoms with Gasteiger partial charge in [0.15, 0.2) is 0 Å². The number of hydrogen-bond acceptors (Lipinski definition) is 5. The molecule has 2 unspecified atom stereocenters. The number of amides is 3. The summed E-state index contributed by atoms with van der Waals surface area (Å²) < 4.78 is 0. The Morgan fingerprint density at radius 1 is 1.09 bits per heavy atom. The first-order valence-electron chi connectivity index (χ1n) is 8.72. The molecule has 0 radical (unpaired) electrons. The van der Waals surface area contributed by atoms with Crippen LogP contribution in [0.2, 0.25) is 0 Å². The van der Waals surface area contributed by atoms with Gasteiger partial charge in [-0.2, -0.15) is 0 Å². The zero-order valence-electron chi connectivity index (χ0n) is 13.6. The topological polar surface area (TPSA) is 81.8 Å². The smallest absolute Gasteiger partial charge is 0.240 e. The van der Waals surface area contributed by atoms with Crippen molar-refractivity contribution in [3.63, 3.8) is 0 Å². The van der Waals surface area contributed by atoms with Crippen molar-refractivity contribution in [3.05, 3.63) is 0 Å². The minimum absolute atomic E-state index is 0.119. The number of nitrogens with zero attached hydrogens (tertiary/aromatic N) is 2. The molecule has 2 heterocycles. The summed E-state index contributed by atoms with van der Waals surface area (Å²) in [6.07, 6.45) is 3.59. The maximum Gasteiger partial charge on any atom is 0.240 e. The van der Waals surface area contributed by atoms with E-state index in [1.807, 2.05) is 0 Å². The summed E-state index contributed by atoms with van der Waals surface area (Å²) in [5.74, 6) is -0.871. The zero-order chi connectivity index (χ0) is 16.2. The minimum atomic E-state index is -0.236. The molecule has 0 aromatic carbocycles. The second-order valence-electron chi connectivity index (χ2n) is 6.70. The Bertz CT molecular complexity index is 452. The lowest BCUT2D eigenvalue weighted by atomic mass is 9.81. The second-order valence-corrected chi connectivity index (χ2v) is 6.70. The van der Waals surface area contributed by atoms with E-state index in [-0.39, 0.29) is 36.1 Å². The molecule has 0 spiro atoms. The van der Waals surface area contributed by atoms with Gasteiger partial charge in [0.25, 0.3) is 0 Å². The van der Waals surface area contributed by atoms with Gasteiger partial charge < -0.3 is 10.6 Å². The third-order valence-electron chi connectivity index (χ3n) is 5.19. The Labute approximate surface area is 136 Å².